The van der Waals surface area contributed by atoms with Gasteiger partial charge >= 0.3 is 0 Å². The normalized spacial score (nSPS) is 19.9. The third-order valence-corrected chi connectivity index (χ3v) is 9.94. The van der Waals surface area contributed by atoms with Crippen molar-refractivity contribution < 1.29 is 17.9 Å². The molecule has 7 nitrogen and oxygen atoms in total. The van der Waals surface area contributed by atoms with Gasteiger partial charge in [0.05, 0.1) is 27.8 Å². The molecule has 0 spiro atoms. The molecule has 0 aliphatic carbocycles. The highest BCUT2D eigenvalue weighted by molar-refractivity contribution is 7.89. The Morgan fingerprint density at radius 3 is 2.49 bits per heavy atom. The number of amides is 1. The van der Waals surface area contributed by atoms with Crippen LogP contribution in [0.25, 0.3) is 10.2 Å². The van der Waals surface area contributed by atoms with Crippen LogP contribution in [0.2, 0.25) is 10.0 Å². The van der Waals surface area contributed by atoms with Crippen LogP contribution in [0.5, 0.6) is 0 Å². The highest BCUT2D eigenvalue weighted by Gasteiger charge is 2.36. The van der Waals surface area contributed by atoms with Gasteiger partial charge < -0.3 is 4.74 Å². The molecule has 186 valence electrons. The third kappa shape index (κ3) is 5.35. The molecule has 0 N–H and O–H groups in total. The van der Waals surface area contributed by atoms with Crippen LogP contribution in [0.15, 0.2) is 47.4 Å². The number of carbonyl (C=O) groups is 1. The summed E-state index contributed by atoms with van der Waals surface area (Å²) in [4.78, 5) is 20.4. The molecule has 3 aromatic rings. The standard InChI is InChI=1S/C24H25Cl2N3O4S2/c25-17-3-6-20(7-4-17)35(31,32)28-11-9-16(10-12-28)23(30)29(15-19-2-1-13-33-19)24-27-21-8-5-18(26)14-22(21)34-24/h3-8,14,16,19H,1-2,9-13,15H2. The van der Waals surface area contributed by atoms with Gasteiger partial charge in [-0.1, -0.05) is 34.5 Å². The zero-order chi connectivity index (χ0) is 24.6. The predicted octanol–water partition coefficient (Wildman–Crippen LogP) is 5.22. The lowest BCUT2D eigenvalue weighted by Crippen LogP contribution is -2.46. The molecule has 1 aromatic heterocycles. The maximum Gasteiger partial charge on any atom is 0.243 e. The Hall–Kier alpha value is -1.75. The van der Waals surface area contributed by atoms with E-state index < -0.39 is 10.0 Å². The Morgan fingerprint density at radius 1 is 1.09 bits per heavy atom. The number of sulfonamides is 1. The number of rotatable bonds is 6. The maximum atomic E-state index is 13.7. The zero-order valence-electron chi connectivity index (χ0n) is 18.9. The van der Waals surface area contributed by atoms with Gasteiger partial charge in [-0.3, -0.25) is 9.69 Å². The smallest absolute Gasteiger partial charge is 0.243 e. The van der Waals surface area contributed by atoms with Crippen molar-refractivity contribution in [2.24, 2.45) is 5.92 Å². The number of aromatic nitrogens is 1. The summed E-state index contributed by atoms with van der Waals surface area (Å²) in [7, 11) is -3.63. The fraction of sp³-hybridized carbons (Fsp3) is 0.417. The summed E-state index contributed by atoms with van der Waals surface area (Å²) in [6.45, 7) is 1.70. The first-order chi connectivity index (χ1) is 16.8. The van der Waals surface area contributed by atoms with Crippen molar-refractivity contribution >= 4 is 65.8 Å². The molecule has 2 aliphatic rings. The second-order valence-corrected chi connectivity index (χ2v) is 12.6. The number of carbonyl (C=O) groups excluding carboxylic acids is 1. The molecular formula is C24H25Cl2N3O4S2. The Kier molecular flexibility index (Phi) is 7.35. The van der Waals surface area contributed by atoms with Crippen LogP contribution in [-0.4, -0.2) is 56.0 Å². The fourth-order valence-corrected chi connectivity index (χ4v) is 7.43. The fourth-order valence-electron chi connectivity index (χ4n) is 4.58. The lowest BCUT2D eigenvalue weighted by Gasteiger charge is -2.33. The number of ether oxygens (including phenoxy) is 1. The lowest BCUT2D eigenvalue weighted by atomic mass is 9.96. The number of halogens is 2. The molecule has 2 aromatic carbocycles. The van der Waals surface area contributed by atoms with E-state index in [9.17, 15) is 13.2 Å². The van der Waals surface area contributed by atoms with Gasteiger partial charge in [-0.05, 0) is 68.1 Å². The summed E-state index contributed by atoms with van der Waals surface area (Å²) < 4.78 is 34.3. The molecule has 0 saturated carbocycles. The Balaban J connectivity index is 1.33. The van der Waals surface area contributed by atoms with E-state index in [0.29, 0.717) is 41.2 Å². The van der Waals surface area contributed by atoms with E-state index in [1.807, 2.05) is 12.1 Å². The van der Waals surface area contributed by atoms with Crippen molar-refractivity contribution in [2.75, 3.05) is 31.1 Å². The van der Waals surface area contributed by atoms with Crippen LogP contribution in [0.3, 0.4) is 0 Å². The van der Waals surface area contributed by atoms with Crippen molar-refractivity contribution in [3.8, 4) is 0 Å². The first-order valence-electron chi connectivity index (χ1n) is 11.6. The predicted molar refractivity (Wildman–Crippen MR) is 139 cm³/mol. The molecule has 1 amide bonds. The van der Waals surface area contributed by atoms with E-state index in [1.165, 1.54) is 27.8 Å². The molecule has 35 heavy (non-hydrogen) atoms. The number of hydrogen-bond donors (Lipinski definition) is 0. The molecular weight excluding hydrogens is 529 g/mol. The van der Waals surface area contributed by atoms with Crippen LogP contribution >= 0.6 is 34.5 Å². The number of benzene rings is 2. The van der Waals surface area contributed by atoms with Gasteiger partial charge in [0, 0.05) is 35.7 Å². The van der Waals surface area contributed by atoms with Gasteiger partial charge in [0.25, 0.3) is 0 Å². The largest absolute Gasteiger partial charge is 0.376 e. The monoisotopic (exact) mass is 553 g/mol. The SMILES string of the molecule is O=C(C1CCN(S(=O)(=O)c2ccc(Cl)cc2)CC1)N(CC1CCCO1)c1nc2ccc(Cl)cc2s1. The minimum atomic E-state index is -3.63. The van der Waals surface area contributed by atoms with Crippen LogP contribution in [-0.2, 0) is 19.6 Å². The summed E-state index contributed by atoms with van der Waals surface area (Å²) in [6, 6.07) is 11.7. The average molecular weight is 555 g/mol. The molecule has 0 bridgehead atoms. The molecule has 5 rings (SSSR count). The zero-order valence-corrected chi connectivity index (χ0v) is 22.0. The number of fused-ring (bicyclic) bond motifs is 1. The van der Waals surface area contributed by atoms with Crippen molar-refractivity contribution in [1.29, 1.82) is 0 Å². The summed E-state index contributed by atoms with van der Waals surface area (Å²) in [5, 5.41) is 1.73. The van der Waals surface area contributed by atoms with Gasteiger partial charge in [-0.25, -0.2) is 13.4 Å². The number of piperidine rings is 1. The topological polar surface area (TPSA) is 79.8 Å². The first-order valence-corrected chi connectivity index (χ1v) is 14.6. The molecule has 1 atom stereocenters. The molecule has 1 unspecified atom stereocenters. The van der Waals surface area contributed by atoms with Crippen LogP contribution in [0.4, 0.5) is 5.13 Å². The summed E-state index contributed by atoms with van der Waals surface area (Å²) in [5.74, 6) is -0.321. The van der Waals surface area contributed by atoms with Crippen LogP contribution < -0.4 is 4.90 Å². The first kappa shape index (κ1) is 24.9. The molecule has 0 radical (unpaired) electrons. The molecule has 11 heteroatoms. The summed E-state index contributed by atoms with van der Waals surface area (Å²) >= 11 is 13.5. The minimum Gasteiger partial charge on any atom is -0.376 e. The minimum absolute atomic E-state index is 0.0279. The van der Waals surface area contributed by atoms with Crippen molar-refractivity contribution in [2.45, 2.75) is 36.7 Å². The summed E-state index contributed by atoms with van der Waals surface area (Å²) in [6.07, 6.45) is 2.75. The molecule has 2 fully saturated rings. The third-order valence-electron chi connectivity index (χ3n) is 6.50. The number of thiazole rings is 1. The van der Waals surface area contributed by atoms with E-state index in [0.717, 1.165) is 23.1 Å². The molecule has 2 aliphatic heterocycles. The summed E-state index contributed by atoms with van der Waals surface area (Å²) in [5.41, 5.74) is 0.795. The maximum absolute atomic E-state index is 13.7. The van der Waals surface area contributed by atoms with Gasteiger partial charge in [0.2, 0.25) is 15.9 Å². The molecule has 2 saturated heterocycles. The van der Waals surface area contributed by atoms with Crippen LogP contribution in [0.1, 0.15) is 25.7 Å². The highest BCUT2D eigenvalue weighted by atomic mass is 35.5. The van der Waals surface area contributed by atoms with Crippen molar-refractivity contribution in [3.05, 3.63) is 52.5 Å². The quantitative estimate of drug-likeness (QED) is 0.418. The Morgan fingerprint density at radius 2 is 1.80 bits per heavy atom. The lowest BCUT2D eigenvalue weighted by molar-refractivity contribution is -0.123. The van der Waals surface area contributed by atoms with E-state index in [1.54, 1.807) is 23.1 Å². The highest BCUT2D eigenvalue weighted by Crippen LogP contribution is 2.34. The van der Waals surface area contributed by atoms with E-state index in [2.05, 4.69) is 0 Å². The Labute approximate surface area is 218 Å². The van der Waals surface area contributed by atoms with E-state index in [-0.39, 0.29) is 35.9 Å². The van der Waals surface area contributed by atoms with Crippen LogP contribution in [0, 0.1) is 5.92 Å². The average Bonchev–Trinajstić information content (AvgIpc) is 3.52. The molecule has 3 heterocycles. The van der Waals surface area contributed by atoms with Gasteiger partial charge in [0.1, 0.15) is 0 Å². The number of nitrogens with zero attached hydrogens (tertiary/aromatic N) is 3. The second kappa shape index (κ2) is 10.3. The van der Waals surface area contributed by atoms with Crippen molar-refractivity contribution in [3.63, 3.8) is 0 Å². The number of hydrogen-bond acceptors (Lipinski definition) is 6. The van der Waals surface area contributed by atoms with E-state index >= 15 is 0 Å². The van der Waals surface area contributed by atoms with Gasteiger partial charge in [0.15, 0.2) is 5.13 Å². The second-order valence-electron chi connectivity index (χ2n) is 8.82. The van der Waals surface area contributed by atoms with E-state index in [4.69, 9.17) is 32.9 Å². The Bertz CT molecular complexity index is 1320. The van der Waals surface area contributed by atoms with Crippen molar-refractivity contribution in [1.82, 2.24) is 9.29 Å². The number of anilines is 1. The van der Waals surface area contributed by atoms with Gasteiger partial charge in [-0.2, -0.15) is 4.31 Å². The van der Waals surface area contributed by atoms with Gasteiger partial charge in [-0.15, -0.1) is 0 Å².